The molecule has 6 nitrogen and oxygen atoms in total. The van der Waals surface area contributed by atoms with E-state index in [-0.39, 0.29) is 11.8 Å². The molecule has 25 heavy (non-hydrogen) atoms. The second kappa shape index (κ2) is 7.97. The van der Waals surface area contributed by atoms with Crippen LogP contribution in [0.3, 0.4) is 0 Å². The maximum atomic E-state index is 12.4. The molecule has 0 fully saturated rings. The third kappa shape index (κ3) is 5.02. The number of nitrogens with one attached hydrogen (secondary N) is 1. The summed E-state index contributed by atoms with van der Waals surface area (Å²) in [6.07, 6.45) is 7.23. The first-order chi connectivity index (χ1) is 12.0. The van der Waals surface area contributed by atoms with Crippen LogP contribution in [0.15, 0.2) is 58.0 Å². The van der Waals surface area contributed by atoms with E-state index in [0.717, 1.165) is 20.2 Å². The van der Waals surface area contributed by atoms with Crippen LogP contribution < -0.4 is 5.32 Å². The average Bonchev–Trinajstić information content (AvgIpc) is 3.16. The lowest BCUT2D eigenvalue weighted by Crippen LogP contribution is -2.24. The Bertz CT molecular complexity index is 873. The first-order valence-corrected chi connectivity index (χ1v) is 9.34. The fraction of sp³-hybridized carbons (Fsp3) is 0.235. The van der Waals surface area contributed by atoms with Crippen LogP contribution in [0.1, 0.15) is 12.5 Å². The van der Waals surface area contributed by atoms with Crippen molar-refractivity contribution in [2.24, 2.45) is 5.92 Å². The predicted octanol–water partition coefficient (Wildman–Crippen LogP) is 3.93. The van der Waals surface area contributed by atoms with Gasteiger partial charge >= 0.3 is 0 Å². The van der Waals surface area contributed by atoms with Gasteiger partial charge in [-0.2, -0.15) is 10.2 Å². The minimum absolute atomic E-state index is 0.0365. The van der Waals surface area contributed by atoms with Gasteiger partial charge in [0.05, 0.1) is 40.3 Å². The van der Waals surface area contributed by atoms with E-state index in [9.17, 15) is 4.79 Å². The number of hydrogen-bond donors (Lipinski definition) is 1. The lowest BCUT2D eigenvalue weighted by molar-refractivity contribution is -0.119. The van der Waals surface area contributed by atoms with Crippen LogP contribution >= 0.6 is 31.9 Å². The van der Waals surface area contributed by atoms with Crippen LogP contribution in [0.5, 0.6) is 0 Å². The molecule has 2 heterocycles. The van der Waals surface area contributed by atoms with E-state index in [1.165, 1.54) is 0 Å². The minimum atomic E-state index is -0.197. The summed E-state index contributed by atoms with van der Waals surface area (Å²) in [5.74, 6) is -0.233. The maximum Gasteiger partial charge on any atom is 0.229 e. The average molecular weight is 467 g/mol. The zero-order valence-corrected chi connectivity index (χ0v) is 16.7. The fourth-order valence-corrected chi connectivity index (χ4v) is 3.08. The second-order valence-electron chi connectivity index (χ2n) is 5.83. The standard InChI is InChI=1S/C17H17Br2N5O/c1-12(8-23-10-14(18)6-20-23)17(25)22-16-4-2-3-13(5-16)9-24-11-15(19)7-21-24/h2-7,10-12H,8-9H2,1H3,(H,22,25). The van der Waals surface area contributed by atoms with Crippen LogP contribution in [0.4, 0.5) is 5.69 Å². The zero-order valence-electron chi connectivity index (χ0n) is 13.6. The zero-order chi connectivity index (χ0) is 17.8. The second-order valence-corrected chi connectivity index (χ2v) is 7.66. The summed E-state index contributed by atoms with van der Waals surface area (Å²) in [7, 11) is 0. The summed E-state index contributed by atoms with van der Waals surface area (Å²) in [6.45, 7) is 3.06. The van der Waals surface area contributed by atoms with E-state index in [1.807, 2.05) is 48.3 Å². The SMILES string of the molecule is CC(Cn1cc(Br)cn1)C(=O)Nc1cccc(Cn2cc(Br)cn2)c1. The molecule has 1 atom stereocenters. The van der Waals surface area contributed by atoms with Crippen molar-refractivity contribution < 1.29 is 4.79 Å². The Morgan fingerprint density at radius 2 is 1.84 bits per heavy atom. The number of halogens is 2. The predicted molar refractivity (Wildman–Crippen MR) is 103 cm³/mol. The van der Waals surface area contributed by atoms with Gasteiger partial charge in [-0.05, 0) is 49.6 Å². The number of anilines is 1. The van der Waals surface area contributed by atoms with Crippen molar-refractivity contribution >= 4 is 43.5 Å². The van der Waals surface area contributed by atoms with Crippen molar-refractivity contribution in [3.05, 3.63) is 63.6 Å². The summed E-state index contributed by atoms with van der Waals surface area (Å²) in [5.41, 5.74) is 1.85. The molecule has 2 aromatic heterocycles. The van der Waals surface area contributed by atoms with E-state index < -0.39 is 0 Å². The molecule has 1 unspecified atom stereocenters. The number of carbonyl (C=O) groups excluding carboxylic acids is 1. The number of carbonyl (C=O) groups is 1. The van der Waals surface area contributed by atoms with Gasteiger partial charge < -0.3 is 5.32 Å². The van der Waals surface area contributed by atoms with Crippen LogP contribution in [0, 0.1) is 5.92 Å². The van der Waals surface area contributed by atoms with Crippen LogP contribution in [0.25, 0.3) is 0 Å². The summed E-state index contributed by atoms with van der Waals surface area (Å²) in [4.78, 5) is 12.4. The molecule has 0 saturated carbocycles. The number of amides is 1. The minimum Gasteiger partial charge on any atom is -0.326 e. The normalized spacial score (nSPS) is 12.1. The molecule has 0 spiro atoms. The molecular formula is C17H17Br2N5O. The van der Waals surface area contributed by atoms with Crippen LogP contribution in [-0.2, 0) is 17.9 Å². The third-order valence-electron chi connectivity index (χ3n) is 3.65. The molecular weight excluding hydrogens is 450 g/mol. The molecule has 0 radical (unpaired) electrons. The summed E-state index contributed by atoms with van der Waals surface area (Å²) >= 11 is 6.74. The van der Waals surface area contributed by atoms with Gasteiger partial charge in [0, 0.05) is 18.1 Å². The summed E-state index contributed by atoms with van der Waals surface area (Å²) < 4.78 is 5.43. The number of hydrogen-bond acceptors (Lipinski definition) is 3. The Labute approximate surface area is 162 Å². The van der Waals surface area contributed by atoms with Gasteiger partial charge in [0.15, 0.2) is 0 Å². The van der Waals surface area contributed by atoms with Crippen molar-refractivity contribution in [2.45, 2.75) is 20.0 Å². The highest BCUT2D eigenvalue weighted by atomic mass is 79.9. The highest BCUT2D eigenvalue weighted by Crippen LogP contribution is 2.15. The van der Waals surface area contributed by atoms with Gasteiger partial charge in [-0.3, -0.25) is 14.2 Å². The first-order valence-electron chi connectivity index (χ1n) is 7.75. The molecule has 3 aromatic rings. The Balaban J connectivity index is 1.61. The maximum absolute atomic E-state index is 12.4. The Hall–Kier alpha value is -1.93. The lowest BCUT2D eigenvalue weighted by atomic mass is 10.1. The van der Waals surface area contributed by atoms with E-state index >= 15 is 0 Å². The molecule has 0 aliphatic heterocycles. The first kappa shape index (κ1) is 17.9. The quantitative estimate of drug-likeness (QED) is 0.598. The van der Waals surface area contributed by atoms with Crippen molar-refractivity contribution in [3.8, 4) is 0 Å². The molecule has 8 heteroatoms. The van der Waals surface area contributed by atoms with Gasteiger partial charge in [-0.25, -0.2) is 0 Å². The third-order valence-corrected chi connectivity index (χ3v) is 4.47. The molecule has 1 amide bonds. The molecule has 1 N–H and O–H groups in total. The lowest BCUT2D eigenvalue weighted by Gasteiger charge is -2.13. The molecule has 0 aliphatic carbocycles. The largest absolute Gasteiger partial charge is 0.326 e. The van der Waals surface area contributed by atoms with E-state index in [0.29, 0.717) is 13.1 Å². The fourth-order valence-electron chi connectivity index (χ4n) is 2.43. The number of benzene rings is 1. The van der Waals surface area contributed by atoms with E-state index in [1.54, 1.807) is 17.1 Å². The topological polar surface area (TPSA) is 64.7 Å². The van der Waals surface area contributed by atoms with E-state index in [4.69, 9.17) is 0 Å². The molecule has 130 valence electrons. The van der Waals surface area contributed by atoms with Crippen LogP contribution in [0.2, 0.25) is 0 Å². The highest BCUT2D eigenvalue weighted by Gasteiger charge is 2.14. The van der Waals surface area contributed by atoms with Crippen LogP contribution in [-0.4, -0.2) is 25.5 Å². The molecule has 3 rings (SSSR count). The van der Waals surface area contributed by atoms with Crippen molar-refractivity contribution in [2.75, 3.05) is 5.32 Å². The smallest absolute Gasteiger partial charge is 0.229 e. The van der Waals surface area contributed by atoms with Crippen molar-refractivity contribution in [1.29, 1.82) is 0 Å². The summed E-state index contributed by atoms with van der Waals surface area (Å²) in [5, 5.41) is 11.4. The van der Waals surface area contributed by atoms with Gasteiger partial charge in [0.1, 0.15) is 0 Å². The molecule has 1 aromatic carbocycles. The van der Waals surface area contributed by atoms with Crippen molar-refractivity contribution in [1.82, 2.24) is 19.6 Å². The summed E-state index contributed by atoms with van der Waals surface area (Å²) in [6, 6.07) is 7.79. The van der Waals surface area contributed by atoms with Gasteiger partial charge in [0.25, 0.3) is 0 Å². The monoisotopic (exact) mass is 465 g/mol. The molecule has 0 saturated heterocycles. The van der Waals surface area contributed by atoms with Gasteiger partial charge in [-0.15, -0.1) is 0 Å². The number of aromatic nitrogens is 4. The number of rotatable bonds is 6. The Morgan fingerprint density at radius 3 is 2.48 bits per heavy atom. The Kier molecular flexibility index (Phi) is 5.70. The van der Waals surface area contributed by atoms with Gasteiger partial charge in [-0.1, -0.05) is 19.1 Å². The van der Waals surface area contributed by atoms with Crippen molar-refractivity contribution in [3.63, 3.8) is 0 Å². The van der Waals surface area contributed by atoms with Gasteiger partial charge in [0.2, 0.25) is 5.91 Å². The number of nitrogens with zero attached hydrogens (tertiary/aromatic N) is 4. The molecule has 0 aliphatic rings. The molecule has 0 bridgehead atoms. The Morgan fingerprint density at radius 1 is 1.16 bits per heavy atom. The van der Waals surface area contributed by atoms with E-state index in [2.05, 4.69) is 47.4 Å². The highest BCUT2D eigenvalue weighted by molar-refractivity contribution is 9.10.